The molecule has 0 amide bonds. The standard InChI is InChI=1S/C45H78O11/c1-3-5-7-9-11-13-15-17-18-19-20-22-23-25-27-29-31-33-38(46)53-35-37(36-54-45-42(50)40(48)41(49)43(56-45)44(51)52)55-39(47)34-32-30-28-26-24-21-16-14-12-10-8-6-4-2/h11,13-14,16-18,37,40-43,45,48-50H,3-10,12,15,19-36H2,1-2H3,(H,51,52)/b13-11-,16-14-,18-17-. The van der Waals surface area contributed by atoms with Crippen LogP contribution in [-0.2, 0) is 33.3 Å². The van der Waals surface area contributed by atoms with Gasteiger partial charge < -0.3 is 39.4 Å². The number of carbonyl (C=O) groups is 3. The first kappa shape index (κ1) is 51.4. The number of aliphatic carboxylic acids is 1. The summed E-state index contributed by atoms with van der Waals surface area (Å²) < 4.78 is 21.7. The molecule has 6 atom stereocenters. The number of unbranched alkanes of at least 4 members (excludes halogenated alkanes) is 19. The molecule has 56 heavy (non-hydrogen) atoms. The molecule has 1 saturated heterocycles. The van der Waals surface area contributed by atoms with Crippen LogP contribution < -0.4 is 0 Å². The molecule has 0 aromatic heterocycles. The number of rotatable bonds is 36. The maximum Gasteiger partial charge on any atom is 0.335 e. The van der Waals surface area contributed by atoms with Gasteiger partial charge in [-0.15, -0.1) is 0 Å². The number of hydrogen-bond donors (Lipinski definition) is 4. The monoisotopic (exact) mass is 795 g/mol. The maximum atomic E-state index is 12.7. The van der Waals surface area contributed by atoms with Gasteiger partial charge in [0.15, 0.2) is 18.5 Å². The summed E-state index contributed by atoms with van der Waals surface area (Å²) >= 11 is 0. The zero-order chi connectivity index (χ0) is 41.1. The Balaban J connectivity index is 2.38. The Morgan fingerprint density at radius 2 is 1.00 bits per heavy atom. The smallest absolute Gasteiger partial charge is 0.335 e. The largest absolute Gasteiger partial charge is 0.479 e. The van der Waals surface area contributed by atoms with Crippen LogP contribution in [0, 0.1) is 0 Å². The number of carbonyl (C=O) groups excluding carboxylic acids is 2. The third-order valence-corrected chi connectivity index (χ3v) is 9.96. The molecular weight excluding hydrogens is 716 g/mol. The molecule has 0 saturated carbocycles. The molecule has 1 heterocycles. The number of aliphatic hydroxyl groups is 3. The number of aliphatic hydroxyl groups excluding tert-OH is 3. The van der Waals surface area contributed by atoms with Gasteiger partial charge in [-0.25, -0.2) is 4.79 Å². The molecule has 0 aromatic rings. The molecule has 11 nitrogen and oxygen atoms in total. The van der Waals surface area contributed by atoms with Gasteiger partial charge in [-0.1, -0.05) is 134 Å². The molecule has 1 fully saturated rings. The van der Waals surface area contributed by atoms with Crippen molar-refractivity contribution in [3.63, 3.8) is 0 Å². The van der Waals surface area contributed by atoms with Gasteiger partial charge in [-0.2, -0.15) is 0 Å². The Kier molecular flexibility index (Phi) is 32.7. The molecule has 0 aromatic carbocycles. The second kappa shape index (κ2) is 35.6. The highest BCUT2D eigenvalue weighted by atomic mass is 16.7. The first-order valence-electron chi connectivity index (χ1n) is 22.0. The minimum Gasteiger partial charge on any atom is -0.479 e. The van der Waals surface area contributed by atoms with Crippen LogP contribution >= 0.6 is 0 Å². The quantitative estimate of drug-likeness (QED) is 0.0271. The number of ether oxygens (including phenoxy) is 4. The number of carboxylic acids is 1. The Labute approximate surface area is 338 Å². The highest BCUT2D eigenvalue weighted by molar-refractivity contribution is 5.73. The zero-order valence-electron chi connectivity index (χ0n) is 34.9. The van der Waals surface area contributed by atoms with E-state index in [-0.39, 0.29) is 19.4 Å². The van der Waals surface area contributed by atoms with E-state index >= 15 is 0 Å². The van der Waals surface area contributed by atoms with Gasteiger partial charge in [0, 0.05) is 12.8 Å². The Morgan fingerprint density at radius 3 is 1.54 bits per heavy atom. The summed E-state index contributed by atoms with van der Waals surface area (Å²) in [6.07, 6.45) is 30.5. The van der Waals surface area contributed by atoms with Crippen LogP contribution in [0.1, 0.15) is 181 Å². The van der Waals surface area contributed by atoms with Gasteiger partial charge in [0.2, 0.25) is 0 Å². The summed E-state index contributed by atoms with van der Waals surface area (Å²) in [6, 6.07) is 0. The lowest BCUT2D eigenvalue weighted by Crippen LogP contribution is -2.60. The molecule has 4 N–H and O–H groups in total. The predicted molar refractivity (Wildman–Crippen MR) is 220 cm³/mol. The van der Waals surface area contributed by atoms with E-state index in [9.17, 15) is 34.8 Å². The summed E-state index contributed by atoms with van der Waals surface area (Å²) in [7, 11) is 0. The van der Waals surface area contributed by atoms with E-state index in [4.69, 9.17) is 18.9 Å². The van der Waals surface area contributed by atoms with Crippen LogP contribution in [0.2, 0.25) is 0 Å². The summed E-state index contributed by atoms with van der Waals surface area (Å²) in [4.78, 5) is 36.8. The summed E-state index contributed by atoms with van der Waals surface area (Å²) in [5.74, 6) is -2.47. The van der Waals surface area contributed by atoms with Gasteiger partial charge in [-0.3, -0.25) is 9.59 Å². The van der Waals surface area contributed by atoms with Crippen LogP contribution in [0.3, 0.4) is 0 Å². The SMILES string of the molecule is CCCCC/C=C\C/C=C\CCCCCCCCCC(=O)OCC(COC1OC(C(=O)O)C(O)C(O)C1O)OC(=O)CCCCCCC/C=C\CCCCCC. The van der Waals surface area contributed by atoms with E-state index < -0.39 is 61.3 Å². The predicted octanol–water partition coefficient (Wildman–Crippen LogP) is 9.20. The van der Waals surface area contributed by atoms with Crippen molar-refractivity contribution in [3.8, 4) is 0 Å². The van der Waals surface area contributed by atoms with Crippen molar-refractivity contribution in [2.45, 2.75) is 218 Å². The average Bonchev–Trinajstić information content (AvgIpc) is 3.18. The van der Waals surface area contributed by atoms with Crippen LogP contribution in [0.5, 0.6) is 0 Å². The molecule has 0 bridgehead atoms. The van der Waals surface area contributed by atoms with Crippen molar-refractivity contribution in [2.24, 2.45) is 0 Å². The first-order chi connectivity index (χ1) is 27.2. The summed E-state index contributed by atoms with van der Waals surface area (Å²) in [5.41, 5.74) is 0. The third kappa shape index (κ3) is 27.1. The van der Waals surface area contributed by atoms with Crippen molar-refractivity contribution in [1.29, 1.82) is 0 Å². The zero-order valence-corrected chi connectivity index (χ0v) is 34.9. The van der Waals surface area contributed by atoms with Crippen molar-refractivity contribution in [2.75, 3.05) is 13.2 Å². The minimum atomic E-state index is -1.86. The average molecular weight is 795 g/mol. The molecule has 1 aliphatic heterocycles. The first-order valence-corrected chi connectivity index (χ1v) is 22.0. The molecule has 11 heteroatoms. The van der Waals surface area contributed by atoms with Crippen LogP contribution in [0.15, 0.2) is 36.5 Å². The van der Waals surface area contributed by atoms with E-state index in [1.807, 2.05) is 0 Å². The highest BCUT2D eigenvalue weighted by Gasteiger charge is 2.47. The van der Waals surface area contributed by atoms with E-state index in [2.05, 4.69) is 50.3 Å². The van der Waals surface area contributed by atoms with Crippen LogP contribution in [0.25, 0.3) is 0 Å². The van der Waals surface area contributed by atoms with Gasteiger partial charge in [0.05, 0.1) is 6.61 Å². The van der Waals surface area contributed by atoms with Crippen LogP contribution in [0.4, 0.5) is 0 Å². The van der Waals surface area contributed by atoms with Gasteiger partial charge in [0.25, 0.3) is 0 Å². The molecule has 0 aliphatic carbocycles. The number of esters is 2. The molecular formula is C45H78O11. The Morgan fingerprint density at radius 1 is 0.554 bits per heavy atom. The van der Waals surface area contributed by atoms with Crippen molar-refractivity contribution in [1.82, 2.24) is 0 Å². The lowest BCUT2D eigenvalue weighted by atomic mass is 9.99. The van der Waals surface area contributed by atoms with E-state index in [0.29, 0.717) is 12.8 Å². The fourth-order valence-corrected chi connectivity index (χ4v) is 6.43. The molecule has 1 rings (SSSR count). The molecule has 0 radical (unpaired) electrons. The number of allylic oxidation sites excluding steroid dienone is 6. The normalized spacial score (nSPS) is 20.6. The molecule has 324 valence electrons. The number of hydrogen-bond acceptors (Lipinski definition) is 10. The maximum absolute atomic E-state index is 12.7. The van der Waals surface area contributed by atoms with Crippen LogP contribution in [-0.4, -0.2) is 88.4 Å². The van der Waals surface area contributed by atoms with E-state index in [1.54, 1.807) is 0 Å². The lowest BCUT2D eigenvalue weighted by molar-refractivity contribution is -0.298. The topological polar surface area (TPSA) is 169 Å². The Bertz CT molecular complexity index is 1070. The second-order valence-corrected chi connectivity index (χ2v) is 15.2. The molecule has 0 spiro atoms. The van der Waals surface area contributed by atoms with Gasteiger partial charge >= 0.3 is 17.9 Å². The molecule has 1 aliphatic rings. The lowest BCUT2D eigenvalue weighted by Gasteiger charge is -2.38. The minimum absolute atomic E-state index is 0.171. The van der Waals surface area contributed by atoms with Crippen molar-refractivity contribution < 1.29 is 53.8 Å². The fourth-order valence-electron chi connectivity index (χ4n) is 6.43. The number of carboxylic acid groups (broad SMARTS) is 1. The van der Waals surface area contributed by atoms with Gasteiger partial charge in [-0.05, 0) is 70.6 Å². The Hall–Kier alpha value is -2.57. The summed E-state index contributed by atoms with van der Waals surface area (Å²) in [5, 5.41) is 39.8. The third-order valence-electron chi connectivity index (χ3n) is 9.96. The fraction of sp³-hybridized carbons (Fsp3) is 0.800. The van der Waals surface area contributed by atoms with E-state index in [1.165, 1.54) is 70.6 Å². The second-order valence-electron chi connectivity index (χ2n) is 15.2. The van der Waals surface area contributed by atoms with Crippen molar-refractivity contribution >= 4 is 17.9 Å². The van der Waals surface area contributed by atoms with Gasteiger partial charge in [0.1, 0.15) is 24.9 Å². The molecule has 6 unspecified atom stereocenters. The van der Waals surface area contributed by atoms with Crippen molar-refractivity contribution in [3.05, 3.63) is 36.5 Å². The van der Waals surface area contributed by atoms with E-state index in [0.717, 1.165) is 70.6 Å². The summed E-state index contributed by atoms with van der Waals surface area (Å²) in [6.45, 7) is 3.75. The highest BCUT2D eigenvalue weighted by Crippen LogP contribution is 2.23.